The molecule has 7 nitrogen and oxygen atoms in total. The van der Waals surface area contributed by atoms with Gasteiger partial charge in [-0.1, -0.05) is 12.1 Å². The Morgan fingerprint density at radius 3 is 2.31 bits per heavy atom. The summed E-state index contributed by atoms with van der Waals surface area (Å²) in [5, 5.41) is 3.97. The Hall–Kier alpha value is -3.61. The van der Waals surface area contributed by atoms with E-state index in [9.17, 15) is 9.59 Å². The number of nitrogens with one attached hydrogen (secondary N) is 1. The molecule has 0 radical (unpaired) electrons. The molecule has 1 heterocycles. The Labute approximate surface area is 168 Å². The maximum absolute atomic E-state index is 12.5. The lowest BCUT2D eigenvalue weighted by molar-refractivity contribution is 0.0517. The average Bonchev–Trinajstić information content (AvgIpc) is 2.74. The highest BCUT2D eigenvalue weighted by Gasteiger charge is 2.18. The summed E-state index contributed by atoms with van der Waals surface area (Å²) in [6, 6.07) is 12.3. The molecule has 150 valence electrons. The van der Waals surface area contributed by atoms with Gasteiger partial charge in [-0.15, -0.1) is 0 Å². The van der Waals surface area contributed by atoms with Gasteiger partial charge < -0.3 is 19.5 Å². The minimum atomic E-state index is -0.477. The van der Waals surface area contributed by atoms with Crippen LogP contribution >= 0.6 is 0 Å². The predicted octanol–water partition coefficient (Wildman–Crippen LogP) is 4.34. The average molecular weight is 394 g/mol. The number of aromatic nitrogens is 1. The van der Waals surface area contributed by atoms with Crippen LogP contribution in [0.2, 0.25) is 0 Å². The van der Waals surface area contributed by atoms with Gasteiger partial charge in [-0.25, -0.2) is 9.59 Å². The third-order valence-corrected chi connectivity index (χ3v) is 4.24. The first-order valence-corrected chi connectivity index (χ1v) is 9.26. The van der Waals surface area contributed by atoms with Crippen LogP contribution in [-0.2, 0) is 9.47 Å². The molecule has 0 atom stereocenters. The fraction of sp³-hybridized carbons (Fsp3) is 0.227. The van der Waals surface area contributed by atoms with Crippen molar-refractivity contribution in [1.29, 1.82) is 0 Å². The summed E-state index contributed by atoms with van der Waals surface area (Å²) < 4.78 is 15.6. The summed E-state index contributed by atoms with van der Waals surface area (Å²) >= 11 is 0. The molecule has 1 N–H and O–H groups in total. The second-order valence-corrected chi connectivity index (χ2v) is 6.05. The Morgan fingerprint density at radius 1 is 0.966 bits per heavy atom. The summed E-state index contributed by atoms with van der Waals surface area (Å²) in [5.74, 6) is -0.264. The van der Waals surface area contributed by atoms with Crippen molar-refractivity contribution >= 4 is 34.2 Å². The van der Waals surface area contributed by atoms with Crippen LogP contribution in [0.3, 0.4) is 0 Å². The van der Waals surface area contributed by atoms with Crippen molar-refractivity contribution in [3.8, 4) is 5.75 Å². The van der Waals surface area contributed by atoms with Crippen LogP contribution in [0.5, 0.6) is 5.75 Å². The van der Waals surface area contributed by atoms with E-state index in [2.05, 4.69) is 10.3 Å². The molecule has 0 amide bonds. The van der Waals surface area contributed by atoms with Gasteiger partial charge in [0, 0.05) is 17.3 Å². The molecule has 0 saturated carbocycles. The van der Waals surface area contributed by atoms with Crippen molar-refractivity contribution in [1.82, 2.24) is 4.98 Å². The van der Waals surface area contributed by atoms with E-state index in [4.69, 9.17) is 14.2 Å². The number of nitrogens with zero attached hydrogens (tertiary/aromatic N) is 1. The van der Waals surface area contributed by atoms with Gasteiger partial charge in [0.25, 0.3) is 0 Å². The monoisotopic (exact) mass is 394 g/mol. The summed E-state index contributed by atoms with van der Waals surface area (Å²) in [5.41, 5.74) is 2.62. The number of rotatable bonds is 7. The summed E-state index contributed by atoms with van der Waals surface area (Å²) in [6.07, 6.45) is 1.47. The minimum Gasteiger partial charge on any atom is -0.494 e. The summed E-state index contributed by atoms with van der Waals surface area (Å²) in [7, 11) is 1.57. The fourth-order valence-electron chi connectivity index (χ4n) is 2.91. The van der Waals surface area contributed by atoms with E-state index in [1.54, 1.807) is 51.3 Å². The predicted molar refractivity (Wildman–Crippen MR) is 110 cm³/mol. The van der Waals surface area contributed by atoms with Crippen molar-refractivity contribution in [2.24, 2.45) is 0 Å². The summed E-state index contributed by atoms with van der Waals surface area (Å²) in [6.45, 7) is 4.07. The zero-order chi connectivity index (χ0) is 20.8. The van der Waals surface area contributed by atoms with Gasteiger partial charge in [-0.3, -0.25) is 4.98 Å². The highest BCUT2D eigenvalue weighted by molar-refractivity contribution is 6.07. The second-order valence-electron chi connectivity index (χ2n) is 6.05. The number of pyridine rings is 1. The number of fused-ring (bicyclic) bond motifs is 1. The van der Waals surface area contributed by atoms with E-state index in [-0.39, 0.29) is 12.6 Å². The Bertz CT molecular complexity index is 1030. The van der Waals surface area contributed by atoms with E-state index < -0.39 is 5.97 Å². The molecule has 0 spiro atoms. The Kier molecular flexibility index (Phi) is 6.29. The van der Waals surface area contributed by atoms with Gasteiger partial charge in [-0.05, 0) is 44.2 Å². The molecule has 3 aromatic rings. The molecule has 29 heavy (non-hydrogen) atoms. The molecule has 0 bridgehead atoms. The molecule has 0 saturated heterocycles. The van der Waals surface area contributed by atoms with Gasteiger partial charge in [0.2, 0.25) is 0 Å². The molecule has 2 aromatic carbocycles. The van der Waals surface area contributed by atoms with Crippen LogP contribution in [0.25, 0.3) is 10.9 Å². The van der Waals surface area contributed by atoms with E-state index >= 15 is 0 Å². The highest BCUT2D eigenvalue weighted by atomic mass is 16.5. The lowest BCUT2D eigenvalue weighted by atomic mass is 10.1. The summed E-state index contributed by atoms with van der Waals surface area (Å²) in [4.78, 5) is 28.7. The minimum absolute atomic E-state index is 0.253. The van der Waals surface area contributed by atoms with Crippen molar-refractivity contribution in [2.75, 3.05) is 25.6 Å². The van der Waals surface area contributed by atoms with Crippen LogP contribution < -0.4 is 10.1 Å². The number of methoxy groups -OCH3 is 1. The molecule has 0 unspecified atom stereocenters. The molecule has 0 fully saturated rings. The zero-order valence-electron chi connectivity index (χ0n) is 16.5. The number of esters is 2. The fourth-order valence-corrected chi connectivity index (χ4v) is 2.91. The molecule has 0 aliphatic carbocycles. The molecule has 7 heteroatoms. The van der Waals surface area contributed by atoms with Crippen LogP contribution in [-0.4, -0.2) is 37.2 Å². The number of anilines is 2. The largest absolute Gasteiger partial charge is 0.494 e. The third kappa shape index (κ3) is 4.29. The number of para-hydroxylation sites is 1. The van der Waals surface area contributed by atoms with E-state index in [0.29, 0.717) is 45.8 Å². The van der Waals surface area contributed by atoms with Gasteiger partial charge >= 0.3 is 11.9 Å². The third-order valence-electron chi connectivity index (χ3n) is 4.24. The van der Waals surface area contributed by atoms with Crippen molar-refractivity contribution < 1.29 is 23.8 Å². The van der Waals surface area contributed by atoms with Crippen molar-refractivity contribution in [2.45, 2.75) is 13.8 Å². The second kappa shape index (κ2) is 9.05. The lowest BCUT2D eigenvalue weighted by Crippen LogP contribution is -2.10. The first kappa shape index (κ1) is 20.1. The maximum atomic E-state index is 12.5. The van der Waals surface area contributed by atoms with Crippen LogP contribution in [0.4, 0.5) is 11.4 Å². The van der Waals surface area contributed by atoms with Crippen LogP contribution in [0.15, 0.2) is 48.7 Å². The smallest absolute Gasteiger partial charge is 0.341 e. The number of hydrogen-bond donors (Lipinski definition) is 1. The topological polar surface area (TPSA) is 86.8 Å². The van der Waals surface area contributed by atoms with E-state index in [1.165, 1.54) is 6.20 Å². The quantitative estimate of drug-likeness (QED) is 0.597. The van der Waals surface area contributed by atoms with Crippen molar-refractivity contribution in [3.05, 3.63) is 59.8 Å². The Balaban J connectivity index is 2.05. The molecule has 1 aromatic heterocycles. The maximum Gasteiger partial charge on any atom is 0.341 e. The molecular formula is C22H22N2O5. The molecule has 3 rings (SSSR count). The standard InChI is InChI=1S/C22H22N2O5/c1-4-28-21(25)14-9-11-15(12-10-14)24-19-16-7-6-8-18(27-3)20(16)23-13-17(19)22(26)29-5-2/h6-13H,4-5H2,1-3H3,(H,23,24). The van der Waals surface area contributed by atoms with Gasteiger partial charge in [0.05, 0.1) is 31.6 Å². The zero-order valence-corrected chi connectivity index (χ0v) is 16.5. The SMILES string of the molecule is CCOC(=O)c1ccc(Nc2c(C(=O)OCC)cnc3c(OC)cccc23)cc1. The number of carbonyl (C=O) groups is 2. The number of hydrogen-bond acceptors (Lipinski definition) is 7. The number of benzene rings is 2. The first-order valence-electron chi connectivity index (χ1n) is 9.26. The van der Waals surface area contributed by atoms with Crippen LogP contribution in [0.1, 0.15) is 34.6 Å². The highest BCUT2D eigenvalue weighted by Crippen LogP contribution is 2.33. The number of ether oxygens (including phenoxy) is 3. The van der Waals surface area contributed by atoms with E-state index in [1.807, 2.05) is 12.1 Å². The van der Waals surface area contributed by atoms with Gasteiger partial charge in [0.1, 0.15) is 16.8 Å². The first-order chi connectivity index (χ1) is 14.1. The van der Waals surface area contributed by atoms with E-state index in [0.717, 1.165) is 0 Å². The molecule has 0 aliphatic rings. The van der Waals surface area contributed by atoms with Gasteiger partial charge in [-0.2, -0.15) is 0 Å². The lowest BCUT2D eigenvalue weighted by Gasteiger charge is -2.15. The molecule has 0 aliphatic heterocycles. The van der Waals surface area contributed by atoms with Crippen molar-refractivity contribution in [3.63, 3.8) is 0 Å². The van der Waals surface area contributed by atoms with Crippen LogP contribution in [0, 0.1) is 0 Å². The van der Waals surface area contributed by atoms with Gasteiger partial charge in [0.15, 0.2) is 0 Å². The normalized spacial score (nSPS) is 10.4. The molecular weight excluding hydrogens is 372 g/mol. The number of carbonyl (C=O) groups excluding carboxylic acids is 2. The Morgan fingerprint density at radius 2 is 1.66 bits per heavy atom.